The molecule has 0 radical (unpaired) electrons. The minimum absolute atomic E-state index is 0.0840. The first-order chi connectivity index (χ1) is 8.74. The smallest absolute Gasteiger partial charge is 0.334 e. The van der Waals surface area contributed by atoms with Crippen LogP contribution in [0.15, 0.2) is 16.1 Å². The highest BCUT2D eigenvalue weighted by Crippen LogP contribution is 2.27. The van der Waals surface area contributed by atoms with Crippen molar-refractivity contribution in [2.75, 3.05) is 6.61 Å². The van der Waals surface area contributed by atoms with E-state index in [2.05, 4.69) is 10.3 Å². The van der Waals surface area contributed by atoms with Crippen LogP contribution in [0.3, 0.4) is 0 Å². The fourth-order valence-electron chi connectivity index (χ4n) is 1.68. The van der Waals surface area contributed by atoms with Crippen LogP contribution in [0, 0.1) is 5.92 Å². The number of esters is 1. The monoisotopic (exact) mass is 266 g/mol. The maximum Gasteiger partial charge on any atom is 0.334 e. The molecule has 0 aromatic carbocycles. The average molecular weight is 266 g/mol. The fourth-order valence-corrected chi connectivity index (χ4v) is 1.68. The molecule has 0 aromatic rings. The molecule has 5 nitrogen and oxygen atoms in total. The molecule has 0 saturated heterocycles. The number of carbonyl (C=O) groups excluding carboxylic acids is 2. The van der Waals surface area contributed by atoms with Crippen LogP contribution < -0.4 is 5.32 Å². The van der Waals surface area contributed by atoms with Gasteiger partial charge in [-0.1, -0.05) is 13.8 Å². The van der Waals surface area contributed by atoms with Gasteiger partial charge in [0.15, 0.2) is 0 Å². The molecule has 0 spiro atoms. The number of hydrogen-bond donors (Lipinski definition) is 1. The van der Waals surface area contributed by atoms with E-state index >= 15 is 0 Å². The molecule has 1 atom stereocenters. The van der Waals surface area contributed by atoms with E-state index in [1.807, 2.05) is 13.8 Å². The number of amides is 1. The Labute approximate surface area is 114 Å². The van der Waals surface area contributed by atoms with E-state index < -0.39 is 5.54 Å². The van der Waals surface area contributed by atoms with Gasteiger partial charge in [0.2, 0.25) is 0 Å². The number of nitrogens with one attached hydrogen (secondary N) is 1. The zero-order valence-corrected chi connectivity index (χ0v) is 12.5. The lowest BCUT2D eigenvalue weighted by Crippen LogP contribution is -2.41. The predicted octanol–water partition coefficient (Wildman–Crippen LogP) is 1.83. The lowest BCUT2D eigenvalue weighted by molar-refractivity contribution is -0.138. The third kappa shape index (κ3) is 2.85. The molecule has 1 N–H and O–H groups in total. The van der Waals surface area contributed by atoms with Crippen molar-refractivity contribution in [3.63, 3.8) is 0 Å². The Morgan fingerprint density at radius 3 is 2.42 bits per heavy atom. The van der Waals surface area contributed by atoms with Crippen LogP contribution >= 0.6 is 0 Å². The molecule has 106 valence electrons. The van der Waals surface area contributed by atoms with E-state index in [4.69, 9.17) is 4.74 Å². The Morgan fingerprint density at radius 1 is 1.42 bits per heavy atom. The summed E-state index contributed by atoms with van der Waals surface area (Å²) in [7, 11) is 0. The highest BCUT2D eigenvalue weighted by molar-refractivity contribution is 6.17. The maximum atomic E-state index is 12.0. The predicted molar refractivity (Wildman–Crippen MR) is 73.8 cm³/mol. The van der Waals surface area contributed by atoms with Gasteiger partial charge in [0.1, 0.15) is 11.4 Å². The second-order valence-corrected chi connectivity index (χ2v) is 5.19. The summed E-state index contributed by atoms with van der Waals surface area (Å²) in [5, 5.41) is 2.75. The summed E-state index contributed by atoms with van der Waals surface area (Å²) in [6, 6.07) is 0. The first kappa shape index (κ1) is 15.4. The SMILES string of the molecule is CCOC(=O)C(C)=C(C)C1=NC(C)(C(C)C)C(=O)N1. The highest BCUT2D eigenvalue weighted by Gasteiger charge is 2.42. The summed E-state index contributed by atoms with van der Waals surface area (Å²) in [6.07, 6.45) is 0. The Kier molecular flexibility index (Phi) is 4.50. The normalized spacial score (nSPS) is 23.9. The summed E-state index contributed by atoms with van der Waals surface area (Å²) in [4.78, 5) is 28.1. The van der Waals surface area contributed by atoms with Gasteiger partial charge in [-0.25, -0.2) is 4.79 Å². The van der Waals surface area contributed by atoms with E-state index in [-0.39, 0.29) is 17.8 Å². The zero-order valence-electron chi connectivity index (χ0n) is 12.5. The number of amidine groups is 1. The maximum absolute atomic E-state index is 12.0. The first-order valence-electron chi connectivity index (χ1n) is 6.50. The van der Waals surface area contributed by atoms with E-state index in [0.717, 1.165) is 0 Å². The van der Waals surface area contributed by atoms with E-state index in [9.17, 15) is 9.59 Å². The summed E-state index contributed by atoms with van der Waals surface area (Å²) in [6.45, 7) is 11.2. The van der Waals surface area contributed by atoms with Gasteiger partial charge in [-0.3, -0.25) is 9.79 Å². The molecule has 1 aliphatic heterocycles. The molecule has 1 amide bonds. The molecule has 1 unspecified atom stereocenters. The van der Waals surface area contributed by atoms with Crippen molar-refractivity contribution < 1.29 is 14.3 Å². The largest absolute Gasteiger partial charge is 0.463 e. The number of nitrogens with zero attached hydrogens (tertiary/aromatic N) is 1. The molecule has 19 heavy (non-hydrogen) atoms. The van der Waals surface area contributed by atoms with Gasteiger partial charge in [0, 0.05) is 11.1 Å². The van der Waals surface area contributed by atoms with Crippen molar-refractivity contribution in [2.45, 2.75) is 47.1 Å². The summed E-state index contributed by atoms with van der Waals surface area (Å²) < 4.78 is 4.95. The van der Waals surface area contributed by atoms with Crippen molar-refractivity contribution in [3.05, 3.63) is 11.1 Å². The van der Waals surface area contributed by atoms with Gasteiger partial charge in [-0.2, -0.15) is 0 Å². The van der Waals surface area contributed by atoms with E-state index in [1.165, 1.54) is 0 Å². The Hall–Kier alpha value is -1.65. The van der Waals surface area contributed by atoms with Crippen LogP contribution in [0.25, 0.3) is 0 Å². The van der Waals surface area contributed by atoms with E-state index in [0.29, 0.717) is 23.6 Å². The molecule has 5 heteroatoms. The van der Waals surface area contributed by atoms with Crippen molar-refractivity contribution in [1.29, 1.82) is 0 Å². The number of aliphatic imine (C=N–C) groups is 1. The second-order valence-electron chi connectivity index (χ2n) is 5.19. The quantitative estimate of drug-likeness (QED) is 0.623. The Balaban J connectivity index is 3.09. The van der Waals surface area contributed by atoms with Gasteiger partial charge >= 0.3 is 5.97 Å². The van der Waals surface area contributed by atoms with E-state index in [1.54, 1.807) is 27.7 Å². The Morgan fingerprint density at radius 2 is 2.00 bits per heavy atom. The fraction of sp³-hybridized carbons (Fsp3) is 0.643. The Bertz CT molecular complexity index is 463. The lowest BCUT2D eigenvalue weighted by atomic mass is 9.89. The van der Waals surface area contributed by atoms with Crippen molar-refractivity contribution in [3.8, 4) is 0 Å². The van der Waals surface area contributed by atoms with Gasteiger partial charge in [0.25, 0.3) is 5.91 Å². The number of carbonyl (C=O) groups is 2. The summed E-state index contributed by atoms with van der Waals surface area (Å²) in [5.41, 5.74) is 0.344. The van der Waals surface area contributed by atoms with Crippen LogP contribution in [0.1, 0.15) is 41.5 Å². The highest BCUT2D eigenvalue weighted by atomic mass is 16.5. The van der Waals surface area contributed by atoms with Gasteiger partial charge < -0.3 is 10.1 Å². The molecule has 0 fully saturated rings. The number of rotatable bonds is 4. The van der Waals surface area contributed by atoms with Gasteiger partial charge in [-0.15, -0.1) is 0 Å². The molecule has 1 rings (SSSR count). The van der Waals surface area contributed by atoms with Crippen LogP contribution in [-0.4, -0.2) is 29.9 Å². The standard InChI is InChI=1S/C14H22N2O3/c1-7-19-12(17)10(5)9(4)11-15-13(18)14(6,16-11)8(2)3/h8H,7H2,1-6H3,(H,15,16,18). The van der Waals surface area contributed by atoms with Crippen LogP contribution in [0.5, 0.6) is 0 Å². The third-order valence-electron chi connectivity index (χ3n) is 3.66. The van der Waals surface area contributed by atoms with Crippen molar-refractivity contribution in [2.24, 2.45) is 10.9 Å². The van der Waals surface area contributed by atoms with Crippen LogP contribution in [0.2, 0.25) is 0 Å². The molecule has 0 aliphatic carbocycles. The molecular weight excluding hydrogens is 244 g/mol. The minimum atomic E-state index is -0.772. The van der Waals surface area contributed by atoms with Gasteiger partial charge in [-0.05, 0) is 33.6 Å². The van der Waals surface area contributed by atoms with Crippen LogP contribution in [0.4, 0.5) is 0 Å². The number of hydrogen-bond acceptors (Lipinski definition) is 4. The topological polar surface area (TPSA) is 67.8 Å². The second kappa shape index (κ2) is 5.55. The molecule has 0 saturated carbocycles. The van der Waals surface area contributed by atoms with Gasteiger partial charge in [0.05, 0.1) is 6.61 Å². The molecule has 0 aromatic heterocycles. The average Bonchev–Trinajstić information content (AvgIpc) is 2.65. The van der Waals surface area contributed by atoms with Crippen molar-refractivity contribution >= 4 is 17.7 Å². The van der Waals surface area contributed by atoms with Crippen LogP contribution in [-0.2, 0) is 14.3 Å². The lowest BCUT2D eigenvalue weighted by Gasteiger charge is -2.21. The minimum Gasteiger partial charge on any atom is -0.463 e. The first-order valence-corrected chi connectivity index (χ1v) is 6.50. The number of ether oxygens (including phenoxy) is 1. The van der Waals surface area contributed by atoms with Crippen molar-refractivity contribution in [1.82, 2.24) is 5.32 Å². The zero-order chi connectivity index (χ0) is 14.8. The summed E-state index contributed by atoms with van der Waals surface area (Å²) in [5.74, 6) is 0.0380. The molecule has 0 bridgehead atoms. The summed E-state index contributed by atoms with van der Waals surface area (Å²) >= 11 is 0. The molecule has 1 aliphatic rings. The molecule has 1 heterocycles. The third-order valence-corrected chi connectivity index (χ3v) is 3.66. The molecular formula is C14H22N2O3.